The maximum Gasteiger partial charge on any atom is 0.144 e. The molecule has 11 aromatic carbocycles. The molecule has 0 atom stereocenters. The molecule has 18 rings (SSSR count). The quantitative estimate of drug-likeness (QED) is 0.176. The predicted molar refractivity (Wildman–Crippen MR) is 340 cm³/mol. The van der Waals surface area contributed by atoms with Crippen LogP contribution < -0.4 is 4.90 Å². The summed E-state index contributed by atoms with van der Waals surface area (Å²) < 4.78 is 16.0. The Balaban J connectivity index is 0.863. The summed E-state index contributed by atoms with van der Waals surface area (Å²) in [6.07, 6.45) is 0. The second-order valence-corrected chi connectivity index (χ2v) is 25.9. The highest BCUT2D eigenvalue weighted by Gasteiger charge is 2.49. The lowest BCUT2D eigenvalue weighted by atomic mass is 9.72. The van der Waals surface area contributed by atoms with Gasteiger partial charge in [0.2, 0.25) is 0 Å². The molecule has 0 fully saturated rings. The van der Waals surface area contributed by atoms with Crippen molar-refractivity contribution in [3.63, 3.8) is 0 Å². The Morgan fingerprint density at radius 1 is 0.317 bits per heavy atom. The van der Waals surface area contributed by atoms with Crippen LogP contribution in [-0.2, 0) is 21.7 Å². The highest BCUT2D eigenvalue weighted by molar-refractivity contribution is 6.21. The van der Waals surface area contributed by atoms with Gasteiger partial charge in [0.15, 0.2) is 0 Å². The second-order valence-electron chi connectivity index (χ2n) is 25.9. The van der Waals surface area contributed by atoms with Gasteiger partial charge in [-0.05, 0) is 168 Å². The number of anilines is 3. The molecule has 4 aliphatic rings. The molecule has 4 aliphatic carbocycles. The van der Waals surface area contributed by atoms with E-state index in [4.69, 9.17) is 8.83 Å². The van der Waals surface area contributed by atoms with Crippen molar-refractivity contribution < 1.29 is 8.83 Å². The van der Waals surface area contributed by atoms with Gasteiger partial charge in [-0.25, -0.2) is 0 Å². The van der Waals surface area contributed by atoms with Crippen LogP contribution in [0.4, 0.5) is 17.1 Å². The SMILES string of the molecule is CC1(C)c2cc(N(c3ccc4c(c3)C(C)(C)c3c5c(c6oc7ccccc7c6c3-4)-c3ccccc3C5(C)C)c3ccc4c5ccccc5n(-c5ccccc5)c4c3)ccc2-c2cc3c(cc21)-c1c(ccc2oc4ccccc4c12)C3(C)C. The van der Waals surface area contributed by atoms with E-state index >= 15 is 0 Å². The summed E-state index contributed by atoms with van der Waals surface area (Å²) >= 11 is 0. The molecule has 0 unspecified atom stereocenters. The minimum Gasteiger partial charge on any atom is -0.456 e. The van der Waals surface area contributed by atoms with Gasteiger partial charge in [0, 0.05) is 82.3 Å². The smallest absolute Gasteiger partial charge is 0.144 e. The highest BCUT2D eigenvalue weighted by atomic mass is 16.3. The summed E-state index contributed by atoms with van der Waals surface area (Å²) in [4.78, 5) is 2.54. The lowest BCUT2D eigenvalue weighted by molar-refractivity contribution is 0.600. The van der Waals surface area contributed by atoms with Crippen molar-refractivity contribution in [3.05, 3.63) is 251 Å². The molecule has 3 heterocycles. The minimum atomic E-state index is -0.366. The molecule has 0 bridgehead atoms. The highest BCUT2D eigenvalue weighted by Crippen LogP contribution is 2.64. The molecular weight excluding hydrogens is 997 g/mol. The van der Waals surface area contributed by atoms with Gasteiger partial charge in [0.05, 0.1) is 11.0 Å². The summed E-state index contributed by atoms with van der Waals surface area (Å²) in [7, 11) is 0. The van der Waals surface area contributed by atoms with Crippen molar-refractivity contribution in [3.8, 4) is 50.2 Å². The molecule has 0 aliphatic heterocycles. The lowest BCUT2D eigenvalue weighted by Crippen LogP contribution is -2.24. The average molecular weight is 1060 g/mol. The lowest BCUT2D eigenvalue weighted by Gasteiger charge is -2.32. The first-order valence-electron chi connectivity index (χ1n) is 29.2. The number of aromatic nitrogens is 1. The van der Waals surface area contributed by atoms with Crippen LogP contribution in [0.25, 0.3) is 116 Å². The summed E-state index contributed by atoms with van der Waals surface area (Å²) in [5.74, 6) is 0. The molecule has 0 N–H and O–H groups in total. The van der Waals surface area contributed by atoms with E-state index in [1.165, 1.54) is 132 Å². The Bertz CT molecular complexity index is 5230. The zero-order chi connectivity index (χ0) is 55.1. The standard InChI is InChI=1S/C78H58N2O2/c1-75(2)57-36-37-66-68(52-24-14-18-28-64(52)81-66)67(57)55-42-60-54(41-61(55)75)47-33-30-44(38-58(47)76(60,3)4)79(46-31-34-49-48-22-13-17-27-62(48)80(63(49)40-46)43-20-10-9-11-21-43)45-32-35-51-59(39-45)78(7,8)72-69(51)70-53-25-15-19-29-65(53)82-74(70)71-50-23-12-16-26-56(50)77(5,6)73(71)72/h9-42H,1-8H3. The van der Waals surface area contributed by atoms with Gasteiger partial charge in [0.1, 0.15) is 22.3 Å². The first-order valence-corrected chi connectivity index (χ1v) is 29.2. The Morgan fingerprint density at radius 3 is 1.63 bits per heavy atom. The first kappa shape index (κ1) is 46.4. The van der Waals surface area contributed by atoms with E-state index < -0.39 is 0 Å². The third-order valence-corrected chi connectivity index (χ3v) is 20.3. The van der Waals surface area contributed by atoms with Crippen LogP contribution in [0.3, 0.4) is 0 Å². The van der Waals surface area contributed by atoms with Crippen LogP contribution in [0.2, 0.25) is 0 Å². The number of rotatable bonds is 4. The zero-order valence-electron chi connectivity index (χ0n) is 47.3. The van der Waals surface area contributed by atoms with Crippen molar-refractivity contribution in [1.82, 2.24) is 4.57 Å². The van der Waals surface area contributed by atoms with Gasteiger partial charge in [-0.15, -0.1) is 0 Å². The molecule has 0 saturated heterocycles. The van der Waals surface area contributed by atoms with E-state index in [2.05, 4.69) is 271 Å². The predicted octanol–water partition coefficient (Wildman–Crippen LogP) is 21.3. The van der Waals surface area contributed by atoms with Crippen LogP contribution in [-0.4, -0.2) is 4.57 Å². The monoisotopic (exact) mass is 1050 g/mol. The van der Waals surface area contributed by atoms with Crippen molar-refractivity contribution in [1.29, 1.82) is 0 Å². The molecule has 14 aromatic rings. The fourth-order valence-electron chi connectivity index (χ4n) is 16.5. The summed E-state index contributed by atoms with van der Waals surface area (Å²) in [5, 5.41) is 7.24. The number of furan rings is 2. The Labute approximate surface area is 476 Å². The van der Waals surface area contributed by atoms with Gasteiger partial charge in [-0.1, -0.05) is 177 Å². The second kappa shape index (κ2) is 15.3. The van der Waals surface area contributed by atoms with E-state index in [1.807, 2.05) is 0 Å². The van der Waals surface area contributed by atoms with Crippen LogP contribution in [0.5, 0.6) is 0 Å². The molecular formula is C78H58N2O2. The third kappa shape index (κ3) is 5.63. The van der Waals surface area contributed by atoms with Crippen LogP contribution in [0.1, 0.15) is 99.9 Å². The van der Waals surface area contributed by atoms with Gasteiger partial charge in [0.25, 0.3) is 0 Å². The minimum absolute atomic E-state index is 0.200. The van der Waals surface area contributed by atoms with Crippen LogP contribution >= 0.6 is 0 Å². The summed E-state index contributed by atoms with van der Waals surface area (Å²) in [5.41, 5.74) is 30.8. The van der Waals surface area contributed by atoms with Crippen molar-refractivity contribution in [2.75, 3.05) is 4.90 Å². The molecule has 0 amide bonds. The van der Waals surface area contributed by atoms with Gasteiger partial charge < -0.3 is 18.3 Å². The van der Waals surface area contributed by atoms with Crippen LogP contribution in [0.15, 0.2) is 215 Å². The zero-order valence-corrected chi connectivity index (χ0v) is 47.3. The number of para-hydroxylation sites is 4. The topological polar surface area (TPSA) is 34.5 Å². The molecule has 4 nitrogen and oxygen atoms in total. The molecule has 0 spiro atoms. The Kier molecular flexibility index (Phi) is 8.67. The van der Waals surface area contributed by atoms with Gasteiger partial charge in [-0.2, -0.15) is 0 Å². The largest absolute Gasteiger partial charge is 0.456 e. The fourth-order valence-corrected chi connectivity index (χ4v) is 16.5. The van der Waals surface area contributed by atoms with E-state index in [-0.39, 0.29) is 21.7 Å². The molecule has 4 heteroatoms. The molecule has 3 aromatic heterocycles. The maximum absolute atomic E-state index is 7.07. The normalized spacial score (nSPS) is 16.0. The van der Waals surface area contributed by atoms with Gasteiger partial charge in [-0.3, -0.25) is 0 Å². The third-order valence-electron chi connectivity index (χ3n) is 20.3. The van der Waals surface area contributed by atoms with Crippen molar-refractivity contribution in [2.45, 2.75) is 77.0 Å². The van der Waals surface area contributed by atoms with E-state index in [9.17, 15) is 0 Å². The first-order chi connectivity index (χ1) is 39.7. The molecule has 82 heavy (non-hydrogen) atoms. The average Bonchev–Trinajstić information content (AvgIpc) is 1.65. The molecule has 392 valence electrons. The van der Waals surface area contributed by atoms with Gasteiger partial charge >= 0.3 is 0 Å². The molecule has 0 saturated carbocycles. The number of hydrogen-bond donors (Lipinski definition) is 0. The number of hydrogen-bond acceptors (Lipinski definition) is 3. The van der Waals surface area contributed by atoms with E-state index in [0.717, 1.165) is 45.1 Å². The maximum atomic E-state index is 7.07. The Morgan fingerprint density at radius 2 is 0.854 bits per heavy atom. The van der Waals surface area contributed by atoms with E-state index in [1.54, 1.807) is 0 Å². The van der Waals surface area contributed by atoms with Crippen LogP contribution in [0, 0.1) is 0 Å². The number of fused-ring (bicyclic) bond motifs is 25. The number of benzene rings is 11. The Hall–Kier alpha value is -9.38. The number of nitrogens with zero attached hydrogens (tertiary/aromatic N) is 2. The van der Waals surface area contributed by atoms with E-state index in [0.29, 0.717) is 0 Å². The van der Waals surface area contributed by atoms with Crippen molar-refractivity contribution in [2.24, 2.45) is 0 Å². The molecule has 0 radical (unpaired) electrons. The summed E-state index contributed by atoms with van der Waals surface area (Å²) in [6, 6.07) is 77.3. The van der Waals surface area contributed by atoms with Crippen molar-refractivity contribution >= 4 is 82.7 Å². The fraction of sp³-hybridized carbons (Fsp3) is 0.154. The summed E-state index contributed by atoms with van der Waals surface area (Å²) in [6.45, 7) is 19.5.